The lowest BCUT2D eigenvalue weighted by atomic mass is 10.1. The number of nitrogens with two attached hydrogens (primary N) is 1. The Morgan fingerprint density at radius 1 is 1.39 bits per heavy atom. The molecule has 0 radical (unpaired) electrons. The molecule has 2 amide bonds. The lowest BCUT2D eigenvalue weighted by Gasteiger charge is -2.07. The molecule has 18 heavy (non-hydrogen) atoms. The molecule has 0 spiro atoms. The molecule has 0 saturated carbocycles. The Hall–Kier alpha value is -1.92. The Kier molecular flexibility index (Phi) is 3.59. The molecule has 94 valence electrons. The van der Waals surface area contributed by atoms with Crippen LogP contribution in [0.1, 0.15) is 10.4 Å². The number of carbonyl (C=O) groups excluding carboxylic acids is 2. The van der Waals surface area contributed by atoms with Crippen LogP contribution < -0.4 is 11.1 Å². The van der Waals surface area contributed by atoms with E-state index in [1.807, 2.05) is 24.3 Å². The van der Waals surface area contributed by atoms with Crippen molar-refractivity contribution in [3.8, 4) is 0 Å². The van der Waals surface area contributed by atoms with Crippen LogP contribution in [-0.2, 0) is 4.79 Å². The van der Waals surface area contributed by atoms with E-state index in [4.69, 9.17) is 5.73 Å². The van der Waals surface area contributed by atoms with Crippen molar-refractivity contribution in [3.63, 3.8) is 0 Å². The van der Waals surface area contributed by atoms with Crippen molar-refractivity contribution in [3.05, 3.63) is 35.2 Å². The highest BCUT2D eigenvalue weighted by Crippen LogP contribution is 2.25. The van der Waals surface area contributed by atoms with Gasteiger partial charge in [-0.1, -0.05) is 18.2 Å². The first-order valence-electron chi connectivity index (χ1n) is 5.31. The van der Waals surface area contributed by atoms with E-state index in [0.717, 1.165) is 10.1 Å². The van der Waals surface area contributed by atoms with Gasteiger partial charge >= 0.3 is 0 Å². The van der Waals surface area contributed by atoms with E-state index in [-0.39, 0.29) is 12.5 Å². The Morgan fingerprint density at radius 2 is 2.11 bits per heavy atom. The van der Waals surface area contributed by atoms with Crippen LogP contribution in [0.2, 0.25) is 0 Å². The van der Waals surface area contributed by atoms with Gasteiger partial charge in [-0.05, 0) is 6.07 Å². The number of aliphatic hydroxyl groups excluding tert-OH is 1. The number of rotatable bonds is 4. The smallest absolute Gasteiger partial charge is 0.252 e. The number of aliphatic hydroxyl groups is 1. The second-order valence-electron chi connectivity index (χ2n) is 3.77. The normalized spacial score (nSPS) is 12.3. The van der Waals surface area contributed by atoms with Gasteiger partial charge in [-0.2, -0.15) is 0 Å². The van der Waals surface area contributed by atoms with Gasteiger partial charge in [0.2, 0.25) is 5.91 Å². The van der Waals surface area contributed by atoms with Gasteiger partial charge in [0.15, 0.2) is 0 Å². The number of primary amides is 1. The van der Waals surface area contributed by atoms with Crippen LogP contribution in [0, 0.1) is 0 Å². The fourth-order valence-corrected chi connectivity index (χ4v) is 2.48. The summed E-state index contributed by atoms with van der Waals surface area (Å²) in [5, 5.41) is 14.3. The van der Waals surface area contributed by atoms with Crippen LogP contribution in [0.5, 0.6) is 0 Å². The number of amides is 2. The first-order chi connectivity index (χ1) is 8.59. The quantitative estimate of drug-likeness (QED) is 0.749. The number of carbonyl (C=O) groups is 2. The lowest BCUT2D eigenvalue weighted by molar-refractivity contribution is -0.125. The predicted octanol–water partition coefficient (Wildman–Crippen LogP) is 0.477. The summed E-state index contributed by atoms with van der Waals surface area (Å²) in [5.74, 6) is -1.18. The molecule has 2 aromatic rings. The van der Waals surface area contributed by atoms with Crippen LogP contribution in [0.15, 0.2) is 29.6 Å². The van der Waals surface area contributed by atoms with Gasteiger partial charge in [0.1, 0.15) is 6.10 Å². The van der Waals surface area contributed by atoms with Crippen LogP contribution in [0.3, 0.4) is 0 Å². The van der Waals surface area contributed by atoms with Crippen LogP contribution in [-0.4, -0.2) is 29.6 Å². The van der Waals surface area contributed by atoms with Gasteiger partial charge in [0, 0.05) is 15.5 Å². The van der Waals surface area contributed by atoms with E-state index in [2.05, 4.69) is 5.32 Å². The van der Waals surface area contributed by atoms with Gasteiger partial charge in [-0.25, -0.2) is 0 Å². The third kappa shape index (κ3) is 2.49. The summed E-state index contributed by atoms with van der Waals surface area (Å²) in [6.07, 6.45) is -1.36. The largest absolute Gasteiger partial charge is 0.381 e. The zero-order valence-electron chi connectivity index (χ0n) is 9.42. The highest BCUT2D eigenvalue weighted by Gasteiger charge is 2.15. The molecule has 1 heterocycles. The maximum absolute atomic E-state index is 11.9. The Bertz CT molecular complexity index is 594. The zero-order chi connectivity index (χ0) is 13.1. The van der Waals surface area contributed by atoms with Crippen LogP contribution >= 0.6 is 11.3 Å². The number of thiophene rings is 1. The molecule has 5 nitrogen and oxygen atoms in total. The fourth-order valence-electron chi connectivity index (χ4n) is 1.54. The average molecular weight is 264 g/mol. The highest BCUT2D eigenvalue weighted by atomic mass is 32.1. The molecule has 2 rings (SSSR count). The van der Waals surface area contributed by atoms with Gasteiger partial charge in [0.25, 0.3) is 5.91 Å². The van der Waals surface area contributed by atoms with Crippen LogP contribution in [0.25, 0.3) is 10.1 Å². The second kappa shape index (κ2) is 5.16. The number of hydrogen-bond acceptors (Lipinski definition) is 4. The van der Waals surface area contributed by atoms with Crippen molar-refractivity contribution >= 4 is 33.2 Å². The summed E-state index contributed by atoms with van der Waals surface area (Å²) in [5.41, 5.74) is 5.43. The van der Waals surface area contributed by atoms with Crippen molar-refractivity contribution in [2.45, 2.75) is 6.10 Å². The summed E-state index contributed by atoms with van der Waals surface area (Å²) >= 11 is 1.47. The van der Waals surface area contributed by atoms with Crippen molar-refractivity contribution in [2.75, 3.05) is 6.54 Å². The molecule has 6 heteroatoms. The third-order valence-electron chi connectivity index (χ3n) is 2.51. The van der Waals surface area contributed by atoms with Gasteiger partial charge < -0.3 is 16.2 Å². The topological polar surface area (TPSA) is 92.4 Å². The zero-order valence-corrected chi connectivity index (χ0v) is 10.2. The average Bonchev–Trinajstić information content (AvgIpc) is 2.79. The minimum Gasteiger partial charge on any atom is -0.381 e. The number of benzene rings is 1. The van der Waals surface area contributed by atoms with E-state index in [0.29, 0.717) is 5.56 Å². The van der Waals surface area contributed by atoms with Crippen molar-refractivity contribution in [1.29, 1.82) is 0 Å². The molecular formula is C12H12N2O3S. The van der Waals surface area contributed by atoms with Crippen molar-refractivity contribution in [2.24, 2.45) is 5.73 Å². The molecule has 1 aromatic carbocycles. The molecule has 1 unspecified atom stereocenters. The van der Waals surface area contributed by atoms with Gasteiger partial charge in [-0.15, -0.1) is 11.3 Å². The standard InChI is InChI=1S/C12H12N2O3S/c13-11(16)9(15)5-14-12(17)8-6-18-10-4-2-1-3-7(8)10/h1-4,6,9,15H,5H2,(H2,13,16)(H,14,17). The minimum absolute atomic E-state index is 0.182. The molecule has 0 fully saturated rings. The van der Waals surface area contributed by atoms with E-state index in [1.165, 1.54) is 11.3 Å². The summed E-state index contributed by atoms with van der Waals surface area (Å²) < 4.78 is 1.01. The summed E-state index contributed by atoms with van der Waals surface area (Å²) in [6.45, 7) is -0.182. The summed E-state index contributed by atoms with van der Waals surface area (Å²) in [6, 6.07) is 7.53. The van der Waals surface area contributed by atoms with Crippen molar-refractivity contribution < 1.29 is 14.7 Å². The second-order valence-corrected chi connectivity index (χ2v) is 4.68. The van der Waals surface area contributed by atoms with Gasteiger partial charge in [0.05, 0.1) is 12.1 Å². The minimum atomic E-state index is -1.36. The molecule has 0 aliphatic carbocycles. The molecule has 0 saturated heterocycles. The van der Waals surface area contributed by atoms with E-state index in [9.17, 15) is 14.7 Å². The maximum atomic E-state index is 11.9. The molecule has 0 aliphatic rings. The number of nitrogens with one attached hydrogen (secondary N) is 1. The maximum Gasteiger partial charge on any atom is 0.252 e. The molecule has 1 atom stereocenters. The fraction of sp³-hybridized carbons (Fsp3) is 0.167. The van der Waals surface area contributed by atoms with Crippen molar-refractivity contribution in [1.82, 2.24) is 5.32 Å². The van der Waals surface area contributed by atoms with Crippen LogP contribution in [0.4, 0.5) is 0 Å². The monoisotopic (exact) mass is 264 g/mol. The number of fused-ring (bicyclic) bond motifs is 1. The number of hydrogen-bond donors (Lipinski definition) is 3. The highest BCUT2D eigenvalue weighted by molar-refractivity contribution is 7.17. The molecule has 4 N–H and O–H groups in total. The molecule has 0 bridgehead atoms. The predicted molar refractivity (Wildman–Crippen MR) is 69.4 cm³/mol. The molecule has 1 aromatic heterocycles. The van der Waals surface area contributed by atoms with Gasteiger partial charge in [-0.3, -0.25) is 9.59 Å². The molecular weight excluding hydrogens is 252 g/mol. The SMILES string of the molecule is NC(=O)C(O)CNC(=O)c1csc2ccccc12. The van der Waals surface area contributed by atoms with E-state index < -0.39 is 12.0 Å². The first-order valence-corrected chi connectivity index (χ1v) is 6.19. The lowest BCUT2D eigenvalue weighted by Crippen LogP contribution is -2.39. The first kappa shape index (κ1) is 12.5. The molecule has 0 aliphatic heterocycles. The van der Waals surface area contributed by atoms with E-state index >= 15 is 0 Å². The Balaban J connectivity index is 2.12. The Labute approximate surface area is 107 Å². The summed E-state index contributed by atoms with van der Waals surface area (Å²) in [7, 11) is 0. The van der Waals surface area contributed by atoms with E-state index in [1.54, 1.807) is 5.38 Å². The third-order valence-corrected chi connectivity index (χ3v) is 3.47. The Morgan fingerprint density at radius 3 is 2.83 bits per heavy atom. The summed E-state index contributed by atoms with van der Waals surface area (Å²) in [4.78, 5) is 22.5.